The highest BCUT2D eigenvalue weighted by atomic mass is 16.5. The Morgan fingerprint density at radius 1 is 1.05 bits per heavy atom. The minimum absolute atomic E-state index is 0.238. The van der Waals surface area contributed by atoms with E-state index in [2.05, 4.69) is 29.9 Å². The summed E-state index contributed by atoms with van der Waals surface area (Å²) in [6, 6.07) is 11.1. The van der Waals surface area contributed by atoms with Gasteiger partial charge in [0.05, 0.1) is 12.6 Å². The molecule has 6 rings (SSSR count). The van der Waals surface area contributed by atoms with Crippen molar-refractivity contribution in [3.8, 4) is 17.3 Å². The Morgan fingerprint density at radius 3 is 2.59 bits per heavy atom. The van der Waals surface area contributed by atoms with Crippen LogP contribution in [0.2, 0.25) is 0 Å². The number of nitrogen functional groups attached to an aromatic ring is 1. The second-order valence-corrected chi connectivity index (χ2v) is 8.73. The minimum Gasteiger partial charge on any atom is -0.482 e. The van der Waals surface area contributed by atoms with Crippen molar-refractivity contribution in [1.82, 2.24) is 34.0 Å². The van der Waals surface area contributed by atoms with Crippen LogP contribution in [0.15, 0.2) is 53.4 Å². The van der Waals surface area contributed by atoms with Crippen LogP contribution in [0.3, 0.4) is 0 Å². The first kappa shape index (κ1) is 22.8. The number of piperazine rings is 1. The maximum atomic E-state index is 10.7. The van der Waals surface area contributed by atoms with Gasteiger partial charge in [-0.2, -0.15) is 9.50 Å². The van der Waals surface area contributed by atoms with E-state index in [1.165, 1.54) is 4.52 Å². The van der Waals surface area contributed by atoms with Crippen LogP contribution >= 0.6 is 0 Å². The van der Waals surface area contributed by atoms with Crippen molar-refractivity contribution in [2.75, 3.05) is 50.0 Å². The Balaban J connectivity index is 1.09. The Kier molecular flexibility index (Phi) is 5.81. The zero-order chi connectivity index (χ0) is 25.4. The number of aliphatic carboxylic acids is 1. The maximum absolute atomic E-state index is 10.7. The summed E-state index contributed by atoms with van der Waals surface area (Å²) in [6.45, 7) is 4.83. The number of carboxylic acid groups (broad SMARTS) is 1. The van der Waals surface area contributed by atoms with E-state index in [1.807, 2.05) is 16.7 Å². The van der Waals surface area contributed by atoms with Crippen LogP contribution in [0.25, 0.3) is 28.4 Å². The van der Waals surface area contributed by atoms with Gasteiger partial charge in [0, 0.05) is 45.0 Å². The molecule has 0 aliphatic carbocycles. The number of hydrogen-bond donors (Lipinski definition) is 2. The van der Waals surface area contributed by atoms with E-state index in [1.54, 1.807) is 36.9 Å². The topological polar surface area (TPSA) is 153 Å². The Bertz CT molecular complexity index is 1530. The number of fused-ring (bicyclic) bond motifs is 3. The molecule has 0 spiro atoms. The zero-order valence-corrected chi connectivity index (χ0v) is 19.9. The molecule has 4 aromatic heterocycles. The van der Waals surface area contributed by atoms with E-state index in [0.29, 0.717) is 40.7 Å². The van der Waals surface area contributed by atoms with E-state index in [9.17, 15) is 4.79 Å². The maximum Gasteiger partial charge on any atom is 0.341 e. The van der Waals surface area contributed by atoms with Crippen LogP contribution in [0, 0.1) is 0 Å². The number of benzene rings is 1. The van der Waals surface area contributed by atoms with E-state index in [-0.39, 0.29) is 12.6 Å². The SMILES string of the molecule is Nc1nc2c(ncn2CCN2CCN(c3ccc(OCC(=O)O)cc3)CC2)c2nc(-c3ccco3)nn12. The largest absolute Gasteiger partial charge is 0.482 e. The summed E-state index contributed by atoms with van der Waals surface area (Å²) < 4.78 is 14.1. The first-order valence-corrected chi connectivity index (χ1v) is 11.9. The van der Waals surface area contributed by atoms with Crippen molar-refractivity contribution < 1.29 is 19.1 Å². The number of anilines is 2. The summed E-state index contributed by atoms with van der Waals surface area (Å²) >= 11 is 0. The molecule has 3 N–H and O–H groups in total. The Hall–Kier alpha value is -4.65. The molecule has 0 atom stereocenters. The fraction of sp³-hybridized carbons (Fsp3) is 0.292. The van der Waals surface area contributed by atoms with Gasteiger partial charge in [-0.3, -0.25) is 4.90 Å². The normalized spacial score (nSPS) is 14.5. The summed E-state index contributed by atoms with van der Waals surface area (Å²) in [7, 11) is 0. The van der Waals surface area contributed by atoms with Gasteiger partial charge in [0.2, 0.25) is 11.8 Å². The molecule has 1 saturated heterocycles. The van der Waals surface area contributed by atoms with Crippen LogP contribution in [0.5, 0.6) is 5.75 Å². The monoisotopic (exact) mass is 503 g/mol. The van der Waals surface area contributed by atoms with Gasteiger partial charge in [-0.25, -0.2) is 14.8 Å². The molecule has 0 unspecified atom stereocenters. The summed E-state index contributed by atoms with van der Waals surface area (Å²) in [4.78, 5) is 29.0. The van der Waals surface area contributed by atoms with E-state index < -0.39 is 5.97 Å². The minimum atomic E-state index is -0.992. The number of imidazole rings is 1. The van der Waals surface area contributed by atoms with Gasteiger partial charge in [-0.05, 0) is 36.4 Å². The molecule has 190 valence electrons. The smallest absolute Gasteiger partial charge is 0.341 e. The molecule has 0 radical (unpaired) electrons. The molecule has 37 heavy (non-hydrogen) atoms. The lowest BCUT2D eigenvalue weighted by molar-refractivity contribution is -0.139. The fourth-order valence-corrected chi connectivity index (χ4v) is 4.48. The third kappa shape index (κ3) is 4.51. The van der Waals surface area contributed by atoms with Gasteiger partial charge in [0.1, 0.15) is 5.75 Å². The third-order valence-corrected chi connectivity index (χ3v) is 6.40. The summed E-state index contributed by atoms with van der Waals surface area (Å²) in [5, 5.41) is 13.2. The van der Waals surface area contributed by atoms with Gasteiger partial charge >= 0.3 is 5.97 Å². The molecule has 0 bridgehead atoms. The van der Waals surface area contributed by atoms with Crippen molar-refractivity contribution in [1.29, 1.82) is 0 Å². The molecule has 0 amide bonds. The fourth-order valence-electron chi connectivity index (χ4n) is 4.48. The van der Waals surface area contributed by atoms with Gasteiger partial charge in [0.25, 0.3) is 0 Å². The van der Waals surface area contributed by atoms with Gasteiger partial charge in [0.15, 0.2) is 29.2 Å². The lowest BCUT2D eigenvalue weighted by Gasteiger charge is -2.36. The number of carbonyl (C=O) groups is 1. The molecule has 13 nitrogen and oxygen atoms in total. The average Bonchev–Trinajstić information content (AvgIpc) is 3.67. The van der Waals surface area contributed by atoms with E-state index >= 15 is 0 Å². The first-order valence-electron chi connectivity index (χ1n) is 11.9. The lowest BCUT2D eigenvalue weighted by atomic mass is 10.2. The van der Waals surface area contributed by atoms with Crippen LogP contribution in [-0.2, 0) is 11.3 Å². The predicted molar refractivity (Wildman–Crippen MR) is 134 cm³/mol. The van der Waals surface area contributed by atoms with Crippen molar-refractivity contribution >= 4 is 34.4 Å². The third-order valence-electron chi connectivity index (χ3n) is 6.40. The molecule has 1 fully saturated rings. The molecule has 1 aliphatic rings. The first-order chi connectivity index (χ1) is 18.0. The second kappa shape index (κ2) is 9.43. The van der Waals surface area contributed by atoms with Crippen molar-refractivity contribution in [3.63, 3.8) is 0 Å². The standard InChI is InChI=1S/C24H25N9O4/c25-24-28-22-20(23-27-21(29-33(23)24)18-2-1-13-36-18)26-15-32(22)12-9-30-7-10-31(11-8-30)16-3-5-17(6-4-16)37-14-19(34)35/h1-6,13,15H,7-12,14H2,(H2,25,28)(H,34,35). The highest BCUT2D eigenvalue weighted by Crippen LogP contribution is 2.23. The molecule has 1 aliphatic heterocycles. The van der Waals surface area contributed by atoms with Gasteiger partial charge < -0.3 is 29.5 Å². The van der Waals surface area contributed by atoms with Gasteiger partial charge in [-0.15, -0.1) is 5.10 Å². The quantitative estimate of drug-likeness (QED) is 0.317. The number of furan rings is 1. The van der Waals surface area contributed by atoms with Crippen LogP contribution < -0.4 is 15.4 Å². The second-order valence-electron chi connectivity index (χ2n) is 8.73. The molecule has 0 saturated carbocycles. The van der Waals surface area contributed by atoms with Crippen LogP contribution in [0.4, 0.5) is 11.6 Å². The van der Waals surface area contributed by atoms with Crippen molar-refractivity contribution in [2.24, 2.45) is 0 Å². The molecule has 5 heterocycles. The number of ether oxygens (including phenoxy) is 1. The summed E-state index contributed by atoms with van der Waals surface area (Å²) in [6.07, 6.45) is 3.34. The molecule has 5 aromatic rings. The zero-order valence-electron chi connectivity index (χ0n) is 19.9. The number of carboxylic acids is 1. The highest BCUT2D eigenvalue weighted by molar-refractivity contribution is 5.87. The number of aromatic nitrogens is 6. The Morgan fingerprint density at radius 2 is 1.86 bits per heavy atom. The van der Waals surface area contributed by atoms with E-state index in [0.717, 1.165) is 38.4 Å². The molecule has 13 heteroatoms. The molecule has 1 aromatic carbocycles. The number of nitrogens with two attached hydrogens (primary N) is 1. The lowest BCUT2D eigenvalue weighted by Crippen LogP contribution is -2.47. The predicted octanol–water partition coefficient (Wildman–Crippen LogP) is 1.60. The average molecular weight is 504 g/mol. The number of nitrogens with zero attached hydrogens (tertiary/aromatic N) is 8. The summed E-state index contributed by atoms with van der Waals surface area (Å²) in [5.41, 5.74) is 9.14. The van der Waals surface area contributed by atoms with Crippen molar-refractivity contribution in [2.45, 2.75) is 6.54 Å². The highest BCUT2D eigenvalue weighted by Gasteiger charge is 2.20. The number of hydrogen-bond acceptors (Lipinski definition) is 10. The number of rotatable bonds is 8. The van der Waals surface area contributed by atoms with Crippen LogP contribution in [-0.4, -0.2) is 84.4 Å². The van der Waals surface area contributed by atoms with Gasteiger partial charge in [-0.1, -0.05) is 0 Å². The van der Waals surface area contributed by atoms with Crippen molar-refractivity contribution in [3.05, 3.63) is 49.0 Å². The molecular formula is C24H25N9O4. The Labute approximate surface area is 210 Å². The summed E-state index contributed by atoms with van der Waals surface area (Å²) in [5.74, 6) is 0.780. The molecular weight excluding hydrogens is 478 g/mol. The van der Waals surface area contributed by atoms with E-state index in [4.69, 9.17) is 20.0 Å². The van der Waals surface area contributed by atoms with Crippen LogP contribution in [0.1, 0.15) is 0 Å².